The van der Waals surface area contributed by atoms with Crippen LogP contribution in [0.15, 0.2) is 6.07 Å². The van der Waals surface area contributed by atoms with Gasteiger partial charge >= 0.3 is 0 Å². The largest absolute Gasteiger partial charge is 0.478 e. The van der Waals surface area contributed by atoms with Gasteiger partial charge in [0.15, 0.2) is 0 Å². The number of hydrogen-bond donors (Lipinski definition) is 1. The zero-order valence-corrected chi connectivity index (χ0v) is 9.08. The van der Waals surface area contributed by atoms with Crippen molar-refractivity contribution in [2.24, 2.45) is 0 Å². The van der Waals surface area contributed by atoms with Gasteiger partial charge < -0.3 is 10.1 Å². The van der Waals surface area contributed by atoms with Gasteiger partial charge in [0.25, 0.3) is 0 Å². The maximum absolute atomic E-state index is 5.41. The molecule has 0 aliphatic heterocycles. The van der Waals surface area contributed by atoms with E-state index < -0.39 is 0 Å². The Bertz CT molecular complexity index is 357. The predicted molar refractivity (Wildman–Crippen MR) is 59.9 cm³/mol. The van der Waals surface area contributed by atoms with E-state index in [1.165, 1.54) is 0 Å². The van der Waals surface area contributed by atoms with Crippen LogP contribution in [0.1, 0.15) is 19.0 Å². The lowest BCUT2D eigenvalue weighted by molar-refractivity contribution is 0.305. The van der Waals surface area contributed by atoms with E-state index in [0.717, 1.165) is 12.1 Å². The fourth-order valence-corrected chi connectivity index (χ4v) is 1.03. The SMILES string of the molecule is C#CCNc1nc(C)cc(OCCC)n1. The van der Waals surface area contributed by atoms with Crippen molar-refractivity contribution < 1.29 is 4.74 Å². The second kappa shape index (κ2) is 5.86. The molecule has 0 amide bonds. The molecule has 0 aliphatic carbocycles. The smallest absolute Gasteiger partial charge is 0.226 e. The number of aryl methyl sites for hydroxylation is 1. The van der Waals surface area contributed by atoms with E-state index in [-0.39, 0.29) is 0 Å². The van der Waals surface area contributed by atoms with Gasteiger partial charge in [-0.1, -0.05) is 12.8 Å². The highest BCUT2D eigenvalue weighted by Crippen LogP contribution is 2.11. The number of nitrogens with one attached hydrogen (secondary N) is 1. The molecule has 0 bridgehead atoms. The minimum absolute atomic E-state index is 0.413. The minimum Gasteiger partial charge on any atom is -0.478 e. The van der Waals surface area contributed by atoms with Gasteiger partial charge in [0.05, 0.1) is 13.2 Å². The van der Waals surface area contributed by atoms with Crippen LogP contribution in [0.25, 0.3) is 0 Å². The summed E-state index contributed by atoms with van der Waals surface area (Å²) >= 11 is 0. The van der Waals surface area contributed by atoms with Crippen LogP contribution in [-0.4, -0.2) is 23.1 Å². The van der Waals surface area contributed by atoms with Gasteiger partial charge in [0.2, 0.25) is 11.8 Å². The summed E-state index contributed by atoms with van der Waals surface area (Å²) in [6.45, 7) is 5.01. The zero-order chi connectivity index (χ0) is 11.1. The third-order valence-electron chi connectivity index (χ3n) is 1.63. The molecule has 0 radical (unpaired) electrons. The monoisotopic (exact) mass is 205 g/mol. The van der Waals surface area contributed by atoms with Crippen molar-refractivity contribution in [1.29, 1.82) is 0 Å². The molecule has 4 heteroatoms. The predicted octanol–water partition coefficient (Wildman–Crippen LogP) is 1.62. The molecule has 1 N–H and O–H groups in total. The van der Waals surface area contributed by atoms with E-state index in [1.54, 1.807) is 6.07 Å². The average Bonchev–Trinajstić information content (AvgIpc) is 2.23. The second-order valence-electron chi connectivity index (χ2n) is 3.08. The molecule has 0 saturated carbocycles. The van der Waals surface area contributed by atoms with Crippen molar-refractivity contribution in [2.75, 3.05) is 18.5 Å². The fourth-order valence-electron chi connectivity index (χ4n) is 1.03. The Balaban J connectivity index is 2.71. The standard InChI is InChI=1S/C11H15N3O/c1-4-6-12-11-13-9(3)8-10(14-11)15-7-5-2/h1,8H,5-7H2,2-3H3,(H,12,13,14). The normalized spacial score (nSPS) is 9.40. The van der Waals surface area contributed by atoms with E-state index in [1.807, 2.05) is 13.8 Å². The van der Waals surface area contributed by atoms with Gasteiger partial charge in [-0.15, -0.1) is 6.42 Å². The van der Waals surface area contributed by atoms with Gasteiger partial charge in [-0.2, -0.15) is 4.98 Å². The lowest BCUT2D eigenvalue weighted by atomic mass is 10.4. The molecule has 0 atom stereocenters. The summed E-state index contributed by atoms with van der Waals surface area (Å²) in [4.78, 5) is 8.35. The molecule has 0 aliphatic rings. The molecule has 4 nitrogen and oxygen atoms in total. The van der Waals surface area contributed by atoms with E-state index >= 15 is 0 Å². The van der Waals surface area contributed by atoms with Crippen molar-refractivity contribution >= 4 is 5.95 Å². The van der Waals surface area contributed by atoms with Crippen LogP contribution in [0.3, 0.4) is 0 Å². The summed E-state index contributed by atoms with van der Waals surface area (Å²) in [5.74, 6) is 3.57. The van der Waals surface area contributed by atoms with Crippen molar-refractivity contribution in [2.45, 2.75) is 20.3 Å². The Morgan fingerprint density at radius 3 is 3.00 bits per heavy atom. The minimum atomic E-state index is 0.413. The lowest BCUT2D eigenvalue weighted by Crippen LogP contribution is -2.06. The second-order valence-corrected chi connectivity index (χ2v) is 3.08. The first-order valence-electron chi connectivity index (χ1n) is 4.92. The number of aromatic nitrogens is 2. The Kier molecular flexibility index (Phi) is 4.42. The van der Waals surface area contributed by atoms with Crippen molar-refractivity contribution in [3.63, 3.8) is 0 Å². The van der Waals surface area contributed by atoms with E-state index in [4.69, 9.17) is 11.2 Å². The third-order valence-corrected chi connectivity index (χ3v) is 1.63. The van der Waals surface area contributed by atoms with Gasteiger partial charge in [-0.25, -0.2) is 4.98 Å². The van der Waals surface area contributed by atoms with Crippen LogP contribution < -0.4 is 10.1 Å². The summed E-state index contributed by atoms with van der Waals surface area (Å²) < 4.78 is 5.41. The van der Waals surface area contributed by atoms with Gasteiger partial charge in [-0.3, -0.25) is 0 Å². The Morgan fingerprint density at radius 2 is 2.33 bits per heavy atom. The average molecular weight is 205 g/mol. The first-order chi connectivity index (χ1) is 7.26. The molecule has 1 rings (SSSR count). The first kappa shape index (κ1) is 11.3. The summed E-state index contributed by atoms with van der Waals surface area (Å²) in [5, 5.41) is 2.91. The van der Waals surface area contributed by atoms with Crippen LogP contribution in [-0.2, 0) is 0 Å². The Hall–Kier alpha value is -1.76. The zero-order valence-electron chi connectivity index (χ0n) is 9.08. The summed E-state index contributed by atoms with van der Waals surface area (Å²) in [6.07, 6.45) is 6.09. The topological polar surface area (TPSA) is 47.0 Å². The molecule has 0 spiro atoms. The number of rotatable bonds is 5. The molecular formula is C11H15N3O. The van der Waals surface area contributed by atoms with Crippen LogP contribution in [0.5, 0.6) is 5.88 Å². The number of nitrogens with zero attached hydrogens (tertiary/aromatic N) is 2. The molecule has 15 heavy (non-hydrogen) atoms. The number of anilines is 1. The van der Waals surface area contributed by atoms with Gasteiger partial charge in [0.1, 0.15) is 0 Å². The molecule has 1 heterocycles. The summed E-state index contributed by atoms with van der Waals surface area (Å²) in [5.41, 5.74) is 0.857. The Morgan fingerprint density at radius 1 is 1.53 bits per heavy atom. The van der Waals surface area contributed by atoms with Crippen LogP contribution in [0, 0.1) is 19.3 Å². The highest BCUT2D eigenvalue weighted by Gasteiger charge is 2.01. The quantitative estimate of drug-likeness (QED) is 0.742. The van der Waals surface area contributed by atoms with Crippen LogP contribution in [0.2, 0.25) is 0 Å². The van der Waals surface area contributed by atoms with Crippen molar-refractivity contribution in [1.82, 2.24) is 9.97 Å². The van der Waals surface area contributed by atoms with Gasteiger partial charge in [0, 0.05) is 11.8 Å². The molecule has 0 aromatic carbocycles. The maximum atomic E-state index is 5.41. The molecule has 1 aromatic heterocycles. The molecular weight excluding hydrogens is 190 g/mol. The highest BCUT2D eigenvalue weighted by atomic mass is 16.5. The maximum Gasteiger partial charge on any atom is 0.226 e. The molecule has 0 saturated heterocycles. The third kappa shape index (κ3) is 3.86. The van der Waals surface area contributed by atoms with Crippen LogP contribution in [0.4, 0.5) is 5.95 Å². The van der Waals surface area contributed by atoms with Crippen LogP contribution >= 0.6 is 0 Å². The highest BCUT2D eigenvalue weighted by molar-refractivity contribution is 5.31. The molecule has 1 aromatic rings. The Labute approximate surface area is 90.1 Å². The fraction of sp³-hybridized carbons (Fsp3) is 0.455. The molecule has 0 unspecified atom stereocenters. The first-order valence-corrected chi connectivity index (χ1v) is 4.92. The molecule has 0 fully saturated rings. The summed E-state index contributed by atoms with van der Waals surface area (Å²) in [7, 11) is 0. The van der Waals surface area contributed by atoms with E-state index in [2.05, 4.69) is 21.2 Å². The lowest BCUT2D eigenvalue weighted by Gasteiger charge is -2.07. The number of terminal acetylenes is 1. The van der Waals surface area contributed by atoms with Crippen molar-refractivity contribution in [3.05, 3.63) is 11.8 Å². The van der Waals surface area contributed by atoms with Crippen molar-refractivity contribution in [3.8, 4) is 18.2 Å². The number of ether oxygens (including phenoxy) is 1. The van der Waals surface area contributed by atoms with Gasteiger partial charge in [-0.05, 0) is 13.3 Å². The number of hydrogen-bond acceptors (Lipinski definition) is 4. The van der Waals surface area contributed by atoms with E-state index in [0.29, 0.717) is 25.0 Å². The van der Waals surface area contributed by atoms with E-state index in [9.17, 15) is 0 Å². The summed E-state index contributed by atoms with van der Waals surface area (Å²) in [6, 6.07) is 1.80. The molecule has 80 valence electrons.